The molecule has 1 atom stereocenters. The van der Waals surface area contributed by atoms with Crippen molar-refractivity contribution < 1.29 is 9.90 Å². The molecule has 0 radical (unpaired) electrons. The van der Waals surface area contributed by atoms with Gasteiger partial charge in [-0.25, -0.2) is 0 Å². The second-order valence-electron chi connectivity index (χ2n) is 5.86. The minimum atomic E-state index is -0.0817. The van der Waals surface area contributed by atoms with Gasteiger partial charge in [0.1, 0.15) is 0 Å². The van der Waals surface area contributed by atoms with Crippen LogP contribution < -0.4 is 0 Å². The van der Waals surface area contributed by atoms with Crippen LogP contribution in [-0.2, 0) is 0 Å². The number of aliphatic hydroxyl groups excluding tert-OH is 1. The van der Waals surface area contributed by atoms with Gasteiger partial charge in [0, 0.05) is 31.7 Å². The lowest BCUT2D eigenvalue weighted by molar-refractivity contribution is 0.0841. The maximum atomic E-state index is 12.6. The number of benzene rings is 1. The predicted octanol–water partition coefficient (Wildman–Crippen LogP) is 1.57. The third-order valence-corrected chi connectivity index (χ3v) is 4.30. The number of carbonyl (C=O) groups excluding carboxylic acids is 1. The fourth-order valence-corrected chi connectivity index (χ4v) is 2.87. The van der Waals surface area contributed by atoms with Crippen LogP contribution in [0.1, 0.15) is 29.3 Å². The number of ketones is 1. The summed E-state index contributed by atoms with van der Waals surface area (Å²) >= 11 is 0. The zero-order valence-corrected chi connectivity index (χ0v) is 13.1. The molecule has 116 valence electrons. The Labute approximate surface area is 127 Å². The molecule has 1 aliphatic heterocycles. The first-order valence-corrected chi connectivity index (χ1v) is 7.80. The van der Waals surface area contributed by atoms with E-state index in [-0.39, 0.29) is 18.4 Å². The molecule has 0 bridgehead atoms. The van der Waals surface area contributed by atoms with Crippen LogP contribution in [0.5, 0.6) is 0 Å². The number of rotatable bonds is 5. The molecule has 0 aliphatic carbocycles. The van der Waals surface area contributed by atoms with Gasteiger partial charge in [0.2, 0.25) is 0 Å². The van der Waals surface area contributed by atoms with E-state index in [0.29, 0.717) is 0 Å². The van der Waals surface area contributed by atoms with E-state index in [2.05, 4.69) is 9.80 Å². The maximum absolute atomic E-state index is 12.6. The molecule has 1 aromatic rings. The second-order valence-corrected chi connectivity index (χ2v) is 5.86. The summed E-state index contributed by atoms with van der Waals surface area (Å²) in [6, 6.07) is 7.74. The summed E-state index contributed by atoms with van der Waals surface area (Å²) in [7, 11) is 0. The van der Waals surface area contributed by atoms with Gasteiger partial charge < -0.3 is 5.11 Å². The molecule has 1 fully saturated rings. The fraction of sp³-hybridized carbons (Fsp3) is 0.588. The molecule has 1 aromatic carbocycles. The summed E-state index contributed by atoms with van der Waals surface area (Å²) < 4.78 is 0. The van der Waals surface area contributed by atoms with E-state index in [1.807, 2.05) is 38.1 Å². The number of nitrogens with zero attached hydrogens (tertiary/aromatic N) is 2. The highest BCUT2D eigenvalue weighted by Crippen LogP contribution is 2.13. The minimum Gasteiger partial charge on any atom is -0.395 e. The standard InChI is InChI=1S/C17H26N2O2/c1-14-4-6-16(7-5-14)17(21)15(2)19-9-3-8-18(10-11-19)12-13-20/h4-7,15,20H,3,8-13H2,1-2H3. The van der Waals surface area contributed by atoms with Crippen molar-refractivity contribution in [2.45, 2.75) is 26.3 Å². The van der Waals surface area contributed by atoms with Gasteiger partial charge in [0.25, 0.3) is 0 Å². The highest BCUT2D eigenvalue weighted by atomic mass is 16.3. The molecule has 21 heavy (non-hydrogen) atoms. The Bertz CT molecular complexity index is 458. The fourth-order valence-electron chi connectivity index (χ4n) is 2.87. The van der Waals surface area contributed by atoms with Gasteiger partial charge in [-0.3, -0.25) is 14.6 Å². The largest absolute Gasteiger partial charge is 0.395 e. The molecule has 4 heteroatoms. The van der Waals surface area contributed by atoms with Gasteiger partial charge in [-0.2, -0.15) is 0 Å². The van der Waals surface area contributed by atoms with Gasteiger partial charge in [-0.15, -0.1) is 0 Å². The first-order chi connectivity index (χ1) is 10.1. The SMILES string of the molecule is Cc1ccc(C(=O)C(C)N2CCCN(CCO)CC2)cc1. The summed E-state index contributed by atoms with van der Waals surface area (Å²) in [5.74, 6) is 0.200. The molecular formula is C17H26N2O2. The number of aliphatic hydroxyl groups is 1. The summed E-state index contributed by atoms with van der Waals surface area (Å²) in [5, 5.41) is 9.04. The monoisotopic (exact) mass is 290 g/mol. The summed E-state index contributed by atoms with van der Waals surface area (Å²) in [6.07, 6.45) is 1.05. The lowest BCUT2D eigenvalue weighted by Crippen LogP contribution is -2.41. The molecule has 1 aliphatic rings. The van der Waals surface area contributed by atoms with E-state index in [0.717, 1.165) is 44.7 Å². The van der Waals surface area contributed by atoms with Crippen molar-refractivity contribution in [3.05, 3.63) is 35.4 Å². The van der Waals surface area contributed by atoms with Crippen LogP contribution in [0.2, 0.25) is 0 Å². The number of Topliss-reactive ketones (excluding diaryl/α,β-unsaturated/α-hetero) is 1. The number of hydrogen-bond acceptors (Lipinski definition) is 4. The van der Waals surface area contributed by atoms with Crippen molar-refractivity contribution in [1.29, 1.82) is 0 Å². The van der Waals surface area contributed by atoms with E-state index in [9.17, 15) is 4.79 Å². The van der Waals surface area contributed by atoms with E-state index < -0.39 is 0 Å². The number of β-amino-alcohol motifs (C(OH)–C–C–N with tert-alkyl or cyclic N) is 1. The van der Waals surface area contributed by atoms with Gasteiger partial charge in [-0.05, 0) is 26.8 Å². The molecule has 1 heterocycles. The lowest BCUT2D eigenvalue weighted by Gasteiger charge is -2.26. The maximum Gasteiger partial charge on any atom is 0.179 e. The molecule has 0 spiro atoms. The van der Waals surface area contributed by atoms with Crippen molar-refractivity contribution in [3.8, 4) is 0 Å². The Morgan fingerprint density at radius 2 is 1.90 bits per heavy atom. The topological polar surface area (TPSA) is 43.8 Å². The molecule has 0 aromatic heterocycles. The Kier molecular flexibility index (Phi) is 5.91. The second kappa shape index (κ2) is 7.69. The van der Waals surface area contributed by atoms with Crippen LogP contribution in [0.15, 0.2) is 24.3 Å². The van der Waals surface area contributed by atoms with E-state index >= 15 is 0 Å². The highest BCUT2D eigenvalue weighted by molar-refractivity contribution is 5.99. The van der Waals surface area contributed by atoms with Gasteiger partial charge >= 0.3 is 0 Å². The molecule has 1 saturated heterocycles. The number of aryl methyl sites for hydroxylation is 1. The highest BCUT2D eigenvalue weighted by Gasteiger charge is 2.24. The zero-order chi connectivity index (χ0) is 15.2. The number of hydrogen-bond donors (Lipinski definition) is 1. The van der Waals surface area contributed by atoms with Gasteiger partial charge in [-0.1, -0.05) is 29.8 Å². The quantitative estimate of drug-likeness (QED) is 0.836. The van der Waals surface area contributed by atoms with Gasteiger partial charge in [0.15, 0.2) is 5.78 Å². The smallest absolute Gasteiger partial charge is 0.179 e. The van der Waals surface area contributed by atoms with Crippen LogP contribution in [-0.4, -0.2) is 66.1 Å². The predicted molar refractivity (Wildman–Crippen MR) is 84.7 cm³/mol. The lowest BCUT2D eigenvalue weighted by atomic mass is 10.0. The molecule has 0 amide bonds. The number of carbonyl (C=O) groups is 1. The molecule has 2 rings (SSSR count). The third kappa shape index (κ3) is 4.37. The van der Waals surface area contributed by atoms with Gasteiger partial charge in [0.05, 0.1) is 12.6 Å². The van der Waals surface area contributed by atoms with Crippen molar-refractivity contribution in [2.75, 3.05) is 39.3 Å². The molecule has 1 unspecified atom stereocenters. The van der Waals surface area contributed by atoms with Crippen molar-refractivity contribution in [3.63, 3.8) is 0 Å². The van der Waals surface area contributed by atoms with Crippen LogP contribution in [0.25, 0.3) is 0 Å². The van der Waals surface area contributed by atoms with E-state index in [4.69, 9.17) is 5.11 Å². The average molecular weight is 290 g/mol. The Hall–Kier alpha value is -1.23. The Morgan fingerprint density at radius 1 is 1.19 bits per heavy atom. The van der Waals surface area contributed by atoms with Crippen molar-refractivity contribution >= 4 is 5.78 Å². The summed E-state index contributed by atoms with van der Waals surface area (Å²) in [5.41, 5.74) is 1.97. The summed E-state index contributed by atoms with van der Waals surface area (Å²) in [6.45, 7) is 8.73. The van der Waals surface area contributed by atoms with Crippen molar-refractivity contribution in [2.24, 2.45) is 0 Å². The van der Waals surface area contributed by atoms with Crippen LogP contribution in [0, 0.1) is 6.92 Å². The molecule has 4 nitrogen and oxygen atoms in total. The Morgan fingerprint density at radius 3 is 2.57 bits per heavy atom. The normalized spacial score (nSPS) is 19.2. The third-order valence-electron chi connectivity index (χ3n) is 4.30. The van der Waals surface area contributed by atoms with Crippen molar-refractivity contribution in [1.82, 2.24) is 9.80 Å². The van der Waals surface area contributed by atoms with Crippen LogP contribution in [0.3, 0.4) is 0 Å². The van der Waals surface area contributed by atoms with Crippen LogP contribution >= 0.6 is 0 Å². The molecular weight excluding hydrogens is 264 g/mol. The summed E-state index contributed by atoms with van der Waals surface area (Å²) in [4.78, 5) is 17.1. The first-order valence-electron chi connectivity index (χ1n) is 7.80. The minimum absolute atomic E-state index is 0.0817. The molecule has 1 N–H and O–H groups in total. The molecule has 0 saturated carbocycles. The first kappa shape index (κ1) is 16.1. The van der Waals surface area contributed by atoms with E-state index in [1.54, 1.807) is 0 Å². The zero-order valence-electron chi connectivity index (χ0n) is 13.1. The van der Waals surface area contributed by atoms with E-state index in [1.165, 1.54) is 5.56 Å². The Balaban J connectivity index is 1.97. The van der Waals surface area contributed by atoms with Crippen LogP contribution in [0.4, 0.5) is 0 Å². The average Bonchev–Trinajstić information content (AvgIpc) is 2.73.